The zero-order valence-corrected chi connectivity index (χ0v) is 18.0. The Morgan fingerprint density at radius 1 is 1.00 bits per heavy atom. The standard InChI is InChI=1S/C24H24N4O3/c1-5-11-27-22(29)20(21(24(27)31)26-13-15(2)12-16(3)14-26)19-17(4)25-28(23(19)30)18-9-7-6-8-10-18/h6-10,12-14H,5,11H2,1-4H3. The molecule has 158 valence electrons. The maximum atomic E-state index is 13.4. The van der Waals surface area contributed by atoms with E-state index in [0.717, 1.165) is 11.1 Å². The van der Waals surface area contributed by atoms with Gasteiger partial charge in [0.15, 0.2) is 12.4 Å². The van der Waals surface area contributed by atoms with Crippen LogP contribution in [0.4, 0.5) is 0 Å². The molecule has 2 amide bonds. The highest BCUT2D eigenvalue weighted by atomic mass is 16.3. The van der Waals surface area contributed by atoms with Crippen molar-refractivity contribution in [3.05, 3.63) is 71.2 Å². The first-order valence-electron chi connectivity index (χ1n) is 10.3. The summed E-state index contributed by atoms with van der Waals surface area (Å²) in [5, 5.41) is 17.8. The predicted molar refractivity (Wildman–Crippen MR) is 114 cm³/mol. The van der Waals surface area contributed by atoms with Crippen molar-refractivity contribution in [3.63, 3.8) is 0 Å². The number of amides is 2. The van der Waals surface area contributed by atoms with E-state index in [0.29, 0.717) is 17.8 Å². The van der Waals surface area contributed by atoms with Crippen molar-refractivity contribution in [2.45, 2.75) is 34.1 Å². The Morgan fingerprint density at radius 2 is 1.65 bits per heavy atom. The molecular formula is C24H24N4O3. The Labute approximate surface area is 180 Å². The van der Waals surface area contributed by atoms with E-state index in [2.05, 4.69) is 5.10 Å². The number of hydrogen-bond donors (Lipinski definition) is 0. The van der Waals surface area contributed by atoms with E-state index >= 15 is 0 Å². The van der Waals surface area contributed by atoms with Gasteiger partial charge in [-0.05, 0) is 51.3 Å². The number of aromatic nitrogens is 3. The maximum Gasteiger partial charge on any atom is 0.326 e. The van der Waals surface area contributed by atoms with Gasteiger partial charge in [-0.25, -0.2) is 4.68 Å². The van der Waals surface area contributed by atoms with Crippen LogP contribution in [0.1, 0.15) is 35.7 Å². The molecule has 0 saturated carbocycles. The molecule has 0 aliphatic carbocycles. The second kappa shape index (κ2) is 7.83. The molecule has 4 rings (SSSR count). The Bertz CT molecular complexity index is 1200. The van der Waals surface area contributed by atoms with Gasteiger partial charge in [0.1, 0.15) is 5.57 Å². The minimum Gasteiger partial charge on any atom is -0.858 e. The molecule has 31 heavy (non-hydrogen) atoms. The number of rotatable bonds is 5. The van der Waals surface area contributed by atoms with Crippen molar-refractivity contribution < 1.29 is 19.3 Å². The minimum absolute atomic E-state index is 0.109. The van der Waals surface area contributed by atoms with Crippen LogP contribution in [0.5, 0.6) is 5.88 Å². The highest BCUT2D eigenvalue weighted by Gasteiger charge is 2.46. The van der Waals surface area contributed by atoms with E-state index in [1.807, 2.05) is 45.0 Å². The first-order chi connectivity index (χ1) is 14.8. The summed E-state index contributed by atoms with van der Waals surface area (Å²) >= 11 is 0. The van der Waals surface area contributed by atoms with E-state index in [-0.39, 0.29) is 23.4 Å². The van der Waals surface area contributed by atoms with E-state index in [1.54, 1.807) is 36.0 Å². The first-order valence-corrected chi connectivity index (χ1v) is 10.3. The number of aryl methyl sites for hydroxylation is 3. The number of pyridine rings is 1. The van der Waals surface area contributed by atoms with E-state index in [9.17, 15) is 14.7 Å². The second-order valence-electron chi connectivity index (χ2n) is 7.80. The molecule has 0 bridgehead atoms. The van der Waals surface area contributed by atoms with Gasteiger partial charge < -0.3 is 5.11 Å². The second-order valence-corrected chi connectivity index (χ2v) is 7.80. The van der Waals surface area contributed by atoms with Crippen LogP contribution in [0.15, 0.2) is 48.8 Å². The molecular weight excluding hydrogens is 392 g/mol. The predicted octanol–water partition coefficient (Wildman–Crippen LogP) is 2.31. The van der Waals surface area contributed by atoms with Gasteiger partial charge in [-0.15, -0.1) is 0 Å². The summed E-state index contributed by atoms with van der Waals surface area (Å²) in [7, 11) is 0. The number of hydrogen-bond acceptors (Lipinski definition) is 4. The van der Waals surface area contributed by atoms with Crippen LogP contribution in [0.25, 0.3) is 17.0 Å². The van der Waals surface area contributed by atoms with Crippen LogP contribution < -0.4 is 9.67 Å². The van der Waals surface area contributed by atoms with Crippen LogP contribution in [0.3, 0.4) is 0 Å². The number of nitrogens with zero attached hydrogens (tertiary/aromatic N) is 4. The number of carbonyl (C=O) groups is 2. The summed E-state index contributed by atoms with van der Waals surface area (Å²) in [5.41, 5.74) is 3.37. The molecule has 1 aromatic carbocycles. The lowest BCUT2D eigenvalue weighted by Gasteiger charge is -2.14. The van der Waals surface area contributed by atoms with Crippen molar-refractivity contribution >= 4 is 23.1 Å². The first kappa shape index (κ1) is 20.5. The molecule has 7 heteroatoms. The smallest absolute Gasteiger partial charge is 0.326 e. The average molecular weight is 416 g/mol. The monoisotopic (exact) mass is 416 g/mol. The number of benzene rings is 1. The summed E-state index contributed by atoms with van der Waals surface area (Å²) in [5.74, 6) is -1.27. The van der Waals surface area contributed by atoms with Crippen molar-refractivity contribution in [2.75, 3.05) is 6.54 Å². The number of imide groups is 1. The minimum atomic E-state index is -0.457. The molecule has 0 N–H and O–H groups in total. The van der Waals surface area contributed by atoms with Crippen molar-refractivity contribution in [1.29, 1.82) is 0 Å². The summed E-state index contributed by atoms with van der Waals surface area (Å²) in [6.07, 6.45) is 4.22. The summed E-state index contributed by atoms with van der Waals surface area (Å²) < 4.78 is 2.94. The van der Waals surface area contributed by atoms with Gasteiger partial charge in [0.05, 0.1) is 11.4 Å². The van der Waals surface area contributed by atoms with E-state index < -0.39 is 17.7 Å². The fourth-order valence-electron chi connectivity index (χ4n) is 4.03. The molecule has 3 aromatic rings. The van der Waals surface area contributed by atoms with E-state index in [4.69, 9.17) is 0 Å². The molecule has 3 heterocycles. The van der Waals surface area contributed by atoms with Crippen LogP contribution >= 0.6 is 0 Å². The Morgan fingerprint density at radius 3 is 2.26 bits per heavy atom. The van der Waals surface area contributed by atoms with Crippen LogP contribution in [-0.4, -0.2) is 33.0 Å². The lowest BCUT2D eigenvalue weighted by Crippen LogP contribution is -2.40. The van der Waals surface area contributed by atoms with Crippen LogP contribution in [0, 0.1) is 20.8 Å². The molecule has 2 aromatic heterocycles. The third-order valence-corrected chi connectivity index (χ3v) is 5.26. The lowest BCUT2D eigenvalue weighted by atomic mass is 10.0. The Balaban J connectivity index is 1.99. The normalized spacial score (nSPS) is 14.1. The van der Waals surface area contributed by atoms with E-state index in [1.165, 1.54) is 9.58 Å². The quantitative estimate of drug-likeness (QED) is 0.472. The SMILES string of the molecule is CCCN1C(=O)C(c2c(C)nn(-c3ccccc3)c2[O-])=C([n+]2cc(C)cc(C)c2)C1=O. The molecule has 0 atom stereocenters. The van der Waals surface area contributed by atoms with Gasteiger partial charge in [-0.3, -0.25) is 14.5 Å². The lowest BCUT2D eigenvalue weighted by molar-refractivity contribution is -0.577. The molecule has 0 spiro atoms. The summed E-state index contributed by atoms with van der Waals surface area (Å²) in [6, 6.07) is 11.0. The maximum absolute atomic E-state index is 13.4. The van der Waals surface area contributed by atoms with Gasteiger partial charge >= 0.3 is 5.91 Å². The molecule has 1 aliphatic rings. The summed E-state index contributed by atoms with van der Waals surface area (Å²) in [6.45, 7) is 7.72. The van der Waals surface area contributed by atoms with Gasteiger partial charge in [0, 0.05) is 23.2 Å². The van der Waals surface area contributed by atoms with Gasteiger partial charge in [-0.1, -0.05) is 25.1 Å². The zero-order chi connectivity index (χ0) is 22.3. The number of para-hydroxylation sites is 1. The Hall–Kier alpha value is -3.74. The zero-order valence-electron chi connectivity index (χ0n) is 18.0. The third kappa shape index (κ3) is 3.42. The molecule has 0 radical (unpaired) electrons. The molecule has 7 nitrogen and oxygen atoms in total. The van der Waals surface area contributed by atoms with Crippen molar-refractivity contribution in [2.24, 2.45) is 0 Å². The molecule has 0 unspecified atom stereocenters. The third-order valence-electron chi connectivity index (χ3n) is 5.26. The van der Waals surface area contributed by atoms with Gasteiger partial charge in [0.25, 0.3) is 11.6 Å². The van der Waals surface area contributed by atoms with Gasteiger partial charge in [-0.2, -0.15) is 9.67 Å². The van der Waals surface area contributed by atoms with Crippen LogP contribution in [0.2, 0.25) is 0 Å². The average Bonchev–Trinajstić information content (AvgIpc) is 3.15. The topological polar surface area (TPSA) is 82.1 Å². The fourth-order valence-corrected chi connectivity index (χ4v) is 4.03. The molecule has 1 aliphatic heterocycles. The summed E-state index contributed by atoms with van der Waals surface area (Å²) in [4.78, 5) is 27.9. The van der Waals surface area contributed by atoms with Gasteiger partial charge in [0.2, 0.25) is 0 Å². The fraction of sp³-hybridized carbons (Fsp3) is 0.250. The molecule has 0 fully saturated rings. The largest absolute Gasteiger partial charge is 0.858 e. The Kier molecular flexibility index (Phi) is 5.19. The van der Waals surface area contributed by atoms with Crippen LogP contribution in [-0.2, 0) is 9.59 Å². The van der Waals surface area contributed by atoms with Crippen molar-refractivity contribution in [3.8, 4) is 11.6 Å². The highest BCUT2D eigenvalue weighted by molar-refractivity contribution is 6.44. The highest BCUT2D eigenvalue weighted by Crippen LogP contribution is 2.36. The number of carbonyl (C=O) groups excluding carboxylic acids is 2. The van der Waals surface area contributed by atoms with Crippen molar-refractivity contribution in [1.82, 2.24) is 14.7 Å². The molecule has 0 saturated heterocycles.